The number of aryl methyl sites for hydroxylation is 1. The van der Waals surface area contributed by atoms with E-state index in [0.29, 0.717) is 18.8 Å². The molecule has 0 aliphatic rings. The minimum atomic E-state index is -4.48. The number of aromatic nitrogens is 4. The zero-order valence-corrected chi connectivity index (χ0v) is 11.6. The Labute approximate surface area is 119 Å². The molecule has 0 fully saturated rings. The maximum Gasteiger partial charge on any atom is 0.433 e. The first-order valence-electron chi connectivity index (χ1n) is 6.26. The highest BCUT2D eigenvalue weighted by atomic mass is 19.4. The maximum atomic E-state index is 12.7. The van der Waals surface area contributed by atoms with E-state index in [2.05, 4.69) is 19.9 Å². The van der Waals surface area contributed by atoms with E-state index < -0.39 is 11.9 Å². The first-order chi connectivity index (χ1) is 9.86. The molecule has 0 spiro atoms. The van der Waals surface area contributed by atoms with E-state index in [1.54, 1.807) is 30.4 Å². The fraction of sp³-hybridized carbons (Fsp3) is 0.385. The Hall–Kier alpha value is -2.25. The molecule has 0 bridgehead atoms. The van der Waals surface area contributed by atoms with E-state index in [4.69, 9.17) is 0 Å². The van der Waals surface area contributed by atoms with Gasteiger partial charge in [-0.05, 0) is 19.1 Å². The van der Waals surface area contributed by atoms with Crippen LogP contribution in [-0.4, -0.2) is 33.5 Å². The lowest BCUT2D eigenvalue weighted by Crippen LogP contribution is -2.25. The summed E-state index contributed by atoms with van der Waals surface area (Å²) in [6.07, 6.45) is -0.748. The molecular formula is C13H14F3N5. The molecule has 0 aliphatic heterocycles. The zero-order chi connectivity index (χ0) is 15.5. The van der Waals surface area contributed by atoms with Gasteiger partial charge in [0, 0.05) is 38.1 Å². The molecule has 0 atom stereocenters. The summed E-state index contributed by atoms with van der Waals surface area (Å²) in [7, 11) is 1.64. The van der Waals surface area contributed by atoms with Gasteiger partial charge in [-0.15, -0.1) is 0 Å². The van der Waals surface area contributed by atoms with Gasteiger partial charge < -0.3 is 4.90 Å². The average Bonchev–Trinajstić information content (AvgIpc) is 2.44. The second-order valence-corrected chi connectivity index (χ2v) is 4.53. The van der Waals surface area contributed by atoms with Crippen LogP contribution < -0.4 is 4.90 Å². The van der Waals surface area contributed by atoms with Crippen molar-refractivity contribution in [1.82, 2.24) is 19.9 Å². The van der Waals surface area contributed by atoms with Crippen LogP contribution in [0.2, 0.25) is 0 Å². The fourth-order valence-electron chi connectivity index (χ4n) is 1.70. The maximum absolute atomic E-state index is 12.7. The number of halogens is 3. The third-order valence-corrected chi connectivity index (χ3v) is 2.76. The number of anilines is 1. The molecule has 0 unspecified atom stereocenters. The molecule has 21 heavy (non-hydrogen) atoms. The summed E-state index contributed by atoms with van der Waals surface area (Å²) in [6.45, 7) is 1.93. The number of hydrogen-bond donors (Lipinski definition) is 0. The van der Waals surface area contributed by atoms with Crippen LogP contribution in [0, 0.1) is 6.92 Å². The summed E-state index contributed by atoms with van der Waals surface area (Å²) in [5.41, 5.74) is -0.664. The Balaban J connectivity index is 2.12. The molecule has 0 amide bonds. The van der Waals surface area contributed by atoms with Crippen molar-refractivity contribution in [2.45, 2.75) is 19.5 Å². The van der Waals surface area contributed by atoms with Gasteiger partial charge in [0.05, 0.1) is 0 Å². The van der Waals surface area contributed by atoms with Crippen LogP contribution in [0.3, 0.4) is 0 Å². The minimum Gasteiger partial charge on any atom is -0.343 e. The SMILES string of the molecule is Cc1cc(C(F)(F)F)nc(N(C)CCc2ncccn2)n1. The van der Waals surface area contributed by atoms with Crippen molar-refractivity contribution >= 4 is 5.95 Å². The topological polar surface area (TPSA) is 54.8 Å². The van der Waals surface area contributed by atoms with Gasteiger partial charge in [0.1, 0.15) is 11.5 Å². The molecule has 0 radical (unpaired) electrons. The van der Waals surface area contributed by atoms with Gasteiger partial charge in [-0.1, -0.05) is 0 Å². The first kappa shape index (κ1) is 15.1. The van der Waals surface area contributed by atoms with Crippen molar-refractivity contribution in [3.05, 3.63) is 41.7 Å². The Kier molecular flexibility index (Phi) is 4.35. The van der Waals surface area contributed by atoms with Crippen LogP contribution in [-0.2, 0) is 12.6 Å². The average molecular weight is 297 g/mol. The lowest BCUT2D eigenvalue weighted by atomic mass is 10.3. The molecule has 0 saturated heterocycles. The van der Waals surface area contributed by atoms with Gasteiger partial charge >= 0.3 is 6.18 Å². The van der Waals surface area contributed by atoms with E-state index >= 15 is 0 Å². The summed E-state index contributed by atoms with van der Waals surface area (Å²) in [5, 5.41) is 0. The van der Waals surface area contributed by atoms with E-state index in [1.807, 2.05) is 0 Å². The van der Waals surface area contributed by atoms with Gasteiger partial charge in [0.15, 0.2) is 0 Å². The first-order valence-corrected chi connectivity index (χ1v) is 6.26. The van der Waals surface area contributed by atoms with E-state index in [9.17, 15) is 13.2 Å². The zero-order valence-electron chi connectivity index (χ0n) is 11.6. The molecule has 2 heterocycles. The van der Waals surface area contributed by atoms with E-state index in [1.165, 1.54) is 6.92 Å². The monoisotopic (exact) mass is 297 g/mol. The van der Waals surface area contributed by atoms with Crippen LogP contribution in [0.4, 0.5) is 19.1 Å². The predicted molar refractivity (Wildman–Crippen MR) is 70.8 cm³/mol. The largest absolute Gasteiger partial charge is 0.433 e. The van der Waals surface area contributed by atoms with Gasteiger partial charge in [0.2, 0.25) is 5.95 Å². The van der Waals surface area contributed by atoms with Crippen LogP contribution >= 0.6 is 0 Å². The number of nitrogens with zero attached hydrogens (tertiary/aromatic N) is 5. The minimum absolute atomic E-state index is 0.0401. The normalized spacial score (nSPS) is 11.5. The van der Waals surface area contributed by atoms with Gasteiger partial charge in [0.25, 0.3) is 0 Å². The third-order valence-electron chi connectivity index (χ3n) is 2.76. The van der Waals surface area contributed by atoms with Crippen molar-refractivity contribution in [2.75, 3.05) is 18.5 Å². The van der Waals surface area contributed by atoms with Crippen molar-refractivity contribution in [3.63, 3.8) is 0 Å². The number of hydrogen-bond acceptors (Lipinski definition) is 5. The molecular weight excluding hydrogens is 283 g/mol. The summed E-state index contributed by atoms with van der Waals surface area (Å²) < 4.78 is 38.2. The Morgan fingerprint density at radius 2 is 1.81 bits per heavy atom. The van der Waals surface area contributed by atoms with Crippen LogP contribution in [0.1, 0.15) is 17.2 Å². The standard InChI is InChI=1S/C13H14F3N5/c1-9-8-10(13(14,15)16)20-12(19-9)21(2)7-4-11-17-5-3-6-18-11/h3,5-6,8H,4,7H2,1-2H3. The molecule has 2 aromatic heterocycles. The molecule has 5 nitrogen and oxygen atoms in total. The highest BCUT2D eigenvalue weighted by Crippen LogP contribution is 2.28. The second kappa shape index (κ2) is 6.02. The van der Waals surface area contributed by atoms with Crippen molar-refractivity contribution in [2.24, 2.45) is 0 Å². The van der Waals surface area contributed by atoms with E-state index in [0.717, 1.165) is 6.07 Å². The van der Waals surface area contributed by atoms with E-state index in [-0.39, 0.29) is 11.6 Å². The van der Waals surface area contributed by atoms with Crippen molar-refractivity contribution < 1.29 is 13.2 Å². The highest BCUT2D eigenvalue weighted by molar-refractivity contribution is 5.32. The molecule has 2 aromatic rings. The summed E-state index contributed by atoms with van der Waals surface area (Å²) in [6, 6.07) is 2.63. The molecule has 0 N–H and O–H groups in total. The number of alkyl halides is 3. The summed E-state index contributed by atoms with van der Waals surface area (Å²) in [4.78, 5) is 17.3. The summed E-state index contributed by atoms with van der Waals surface area (Å²) in [5.74, 6) is 0.659. The second-order valence-electron chi connectivity index (χ2n) is 4.53. The van der Waals surface area contributed by atoms with Crippen molar-refractivity contribution in [3.8, 4) is 0 Å². The smallest absolute Gasteiger partial charge is 0.343 e. The fourth-order valence-corrected chi connectivity index (χ4v) is 1.70. The number of likely N-dealkylation sites (N-methyl/N-ethyl adjacent to an activating group) is 1. The highest BCUT2D eigenvalue weighted by Gasteiger charge is 2.33. The molecule has 8 heteroatoms. The summed E-state index contributed by atoms with van der Waals surface area (Å²) >= 11 is 0. The lowest BCUT2D eigenvalue weighted by Gasteiger charge is -2.18. The molecule has 2 rings (SSSR count). The van der Waals surface area contributed by atoms with Crippen LogP contribution in [0.25, 0.3) is 0 Å². The number of rotatable bonds is 4. The molecule has 0 aromatic carbocycles. The van der Waals surface area contributed by atoms with Gasteiger partial charge in [-0.2, -0.15) is 13.2 Å². The predicted octanol–water partition coefficient (Wildman–Crippen LogP) is 2.27. The Morgan fingerprint density at radius 3 is 2.43 bits per heavy atom. The molecule has 0 aliphatic carbocycles. The van der Waals surface area contributed by atoms with Crippen LogP contribution in [0.15, 0.2) is 24.5 Å². The van der Waals surface area contributed by atoms with Gasteiger partial charge in [-0.25, -0.2) is 19.9 Å². The Morgan fingerprint density at radius 1 is 1.14 bits per heavy atom. The lowest BCUT2D eigenvalue weighted by molar-refractivity contribution is -0.141. The Bertz CT molecular complexity index is 601. The van der Waals surface area contributed by atoms with Crippen LogP contribution in [0.5, 0.6) is 0 Å². The van der Waals surface area contributed by atoms with Gasteiger partial charge in [-0.3, -0.25) is 0 Å². The molecule has 112 valence electrons. The van der Waals surface area contributed by atoms with Crippen molar-refractivity contribution in [1.29, 1.82) is 0 Å². The quantitative estimate of drug-likeness (QED) is 0.866. The molecule has 0 saturated carbocycles. The third kappa shape index (κ3) is 4.11.